The minimum atomic E-state index is 0. The number of guanidine groups is 1. The lowest BCUT2D eigenvalue weighted by Crippen LogP contribution is -2.44. The van der Waals surface area contributed by atoms with Crippen LogP contribution in [-0.2, 0) is 6.54 Å². The molecule has 0 amide bonds. The van der Waals surface area contributed by atoms with Gasteiger partial charge >= 0.3 is 0 Å². The van der Waals surface area contributed by atoms with Crippen molar-refractivity contribution >= 4 is 41.3 Å². The third-order valence-electron chi connectivity index (χ3n) is 5.36. The standard InChI is InChI=1S/C22H33N5OS.HI/c1-4-23-22(25-15-21-17(2)26-16-29-21)24-14-20(27-12-6-5-7-13-27)18-8-10-19(28-3)11-9-18;/h8-11,16,20H,4-7,12-15H2,1-3H3,(H2,23,24,25);1H. The van der Waals surface area contributed by atoms with E-state index in [1.807, 2.05) is 12.4 Å². The summed E-state index contributed by atoms with van der Waals surface area (Å²) in [6, 6.07) is 8.79. The highest BCUT2D eigenvalue weighted by Gasteiger charge is 2.22. The second-order valence-electron chi connectivity index (χ2n) is 7.32. The first-order valence-electron chi connectivity index (χ1n) is 10.5. The van der Waals surface area contributed by atoms with E-state index in [4.69, 9.17) is 9.73 Å². The number of piperidine rings is 1. The molecule has 1 fully saturated rings. The van der Waals surface area contributed by atoms with Gasteiger partial charge in [-0.1, -0.05) is 18.6 Å². The summed E-state index contributed by atoms with van der Waals surface area (Å²) in [5, 5.41) is 6.95. The Balaban J connectivity index is 0.00000320. The molecule has 8 heteroatoms. The van der Waals surface area contributed by atoms with Gasteiger partial charge in [0.1, 0.15) is 5.75 Å². The van der Waals surface area contributed by atoms with E-state index in [-0.39, 0.29) is 24.0 Å². The topological polar surface area (TPSA) is 61.8 Å². The van der Waals surface area contributed by atoms with Gasteiger partial charge < -0.3 is 15.4 Å². The van der Waals surface area contributed by atoms with Crippen LogP contribution in [0.2, 0.25) is 0 Å². The molecule has 3 rings (SSSR count). The van der Waals surface area contributed by atoms with Gasteiger partial charge in [0.15, 0.2) is 5.96 Å². The van der Waals surface area contributed by atoms with Crippen LogP contribution in [0.5, 0.6) is 5.75 Å². The van der Waals surface area contributed by atoms with Crippen LogP contribution >= 0.6 is 35.3 Å². The van der Waals surface area contributed by atoms with Crippen molar-refractivity contribution in [1.82, 2.24) is 20.5 Å². The number of aryl methyl sites for hydroxylation is 1. The highest BCUT2D eigenvalue weighted by molar-refractivity contribution is 14.0. The number of hydrogen-bond acceptors (Lipinski definition) is 5. The number of benzene rings is 1. The van der Waals surface area contributed by atoms with E-state index in [9.17, 15) is 0 Å². The van der Waals surface area contributed by atoms with E-state index < -0.39 is 0 Å². The predicted molar refractivity (Wildman–Crippen MR) is 136 cm³/mol. The lowest BCUT2D eigenvalue weighted by atomic mass is 10.0. The molecular formula is C22H34IN5OS. The van der Waals surface area contributed by atoms with Crippen LogP contribution < -0.4 is 15.4 Å². The number of halogens is 1. The second-order valence-corrected chi connectivity index (χ2v) is 8.26. The summed E-state index contributed by atoms with van der Waals surface area (Å²) in [4.78, 5) is 12.9. The molecule has 1 aliphatic heterocycles. The van der Waals surface area contributed by atoms with Crippen molar-refractivity contribution < 1.29 is 4.74 Å². The van der Waals surface area contributed by atoms with E-state index in [1.165, 1.54) is 29.7 Å². The van der Waals surface area contributed by atoms with Gasteiger partial charge in [-0.25, -0.2) is 9.98 Å². The molecule has 2 aromatic rings. The summed E-state index contributed by atoms with van der Waals surface area (Å²) < 4.78 is 5.34. The largest absolute Gasteiger partial charge is 0.497 e. The SMILES string of the molecule is CCNC(=NCc1scnc1C)NCC(c1ccc(OC)cc1)N1CCCCC1.I. The zero-order valence-electron chi connectivity index (χ0n) is 18.2. The number of hydrogen-bond donors (Lipinski definition) is 2. The number of methoxy groups -OCH3 is 1. The number of aliphatic imine (C=N–C) groups is 1. The minimum Gasteiger partial charge on any atom is -0.497 e. The van der Waals surface area contributed by atoms with Gasteiger partial charge in [0.05, 0.1) is 30.9 Å². The lowest BCUT2D eigenvalue weighted by Gasteiger charge is -2.35. The van der Waals surface area contributed by atoms with Gasteiger partial charge in [-0.3, -0.25) is 4.90 Å². The Morgan fingerprint density at radius 2 is 1.93 bits per heavy atom. The Labute approximate surface area is 201 Å². The Bertz CT molecular complexity index is 774. The molecule has 1 aromatic carbocycles. The number of thiazole rings is 1. The molecule has 1 aliphatic rings. The third-order valence-corrected chi connectivity index (χ3v) is 6.28. The first-order chi connectivity index (χ1) is 14.2. The van der Waals surface area contributed by atoms with Crippen LogP contribution in [0.15, 0.2) is 34.8 Å². The van der Waals surface area contributed by atoms with Crippen molar-refractivity contribution in [2.24, 2.45) is 4.99 Å². The third kappa shape index (κ3) is 7.09. The molecule has 30 heavy (non-hydrogen) atoms. The summed E-state index contributed by atoms with van der Waals surface area (Å²) in [5.74, 6) is 1.75. The fraction of sp³-hybridized carbons (Fsp3) is 0.545. The smallest absolute Gasteiger partial charge is 0.191 e. The van der Waals surface area contributed by atoms with Crippen molar-refractivity contribution in [2.45, 2.75) is 45.7 Å². The summed E-state index contributed by atoms with van der Waals surface area (Å²) >= 11 is 1.66. The van der Waals surface area contributed by atoms with Crippen molar-refractivity contribution in [2.75, 3.05) is 33.3 Å². The van der Waals surface area contributed by atoms with Crippen molar-refractivity contribution in [3.8, 4) is 5.75 Å². The van der Waals surface area contributed by atoms with E-state index in [0.29, 0.717) is 12.6 Å². The van der Waals surface area contributed by atoms with Crippen LogP contribution in [0.3, 0.4) is 0 Å². The molecule has 0 bridgehead atoms. The zero-order chi connectivity index (χ0) is 20.5. The van der Waals surface area contributed by atoms with Crippen LogP contribution in [0.1, 0.15) is 48.4 Å². The number of nitrogens with one attached hydrogen (secondary N) is 2. The molecule has 1 unspecified atom stereocenters. The number of rotatable bonds is 8. The minimum absolute atomic E-state index is 0. The van der Waals surface area contributed by atoms with E-state index in [1.54, 1.807) is 18.4 Å². The van der Waals surface area contributed by atoms with Crippen LogP contribution in [-0.4, -0.2) is 49.1 Å². The average Bonchev–Trinajstić information content (AvgIpc) is 3.18. The fourth-order valence-electron chi connectivity index (χ4n) is 3.68. The molecule has 2 heterocycles. The zero-order valence-corrected chi connectivity index (χ0v) is 21.3. The maximum atomic E-state index is 5.34. The molecule has 0 radical (unpaired) electrons. The fourth-order valence-corrected chi connectivity index (χ4v) is 4.38. The quantitative estimate of drug-likeness (QED) is 0.295. The van der Waals surface area contributed by atoms with Gasteiger partial charge in [0.25, 0.3) is 0 Å². The maximum Gasteiger partial charge on any atom is 0.191 e. The number of likely N-dealkylation sites (tertiary alicyclic amines) is 1. The van der Waals surface area contributed by atoms with E-state index in [2.05, 4.69) is 51.7 Å². The maximum absolute atomic E-state index is 5.34. The van der Waals surface area contributed by atoms with Gasteiger partial charge in [0.2, 0.25) is 0 Å². The first kappa shape index (κ1) is 24.9. The summed E-state index contributed by atoms with van der Waals surface area (Å²) in [6.45, 7) is 8.74. The van der Waals surface area contributed by atoms with Gasteiger partial charge in [-0.15, -0.1) is 35.3 Å². The van der Waals surface area contributed by atoms with Crippen molar-refractivity contribution in [3.63, 3.8) is 0 Å². The number of nitrogens with zero attached hydrogens (tertiary/aromatic N) is 3. The van der Waals surface area contributed by atoms with E-state index in [0.717, 1.165) is 43.6 Å². The highest BCUT2D eigenvalue weighted by Crippen LogP contribution is 2.26. The Morgan fingerprint density at radius 1 is 1.20 bits per heavy atom. The molecule has 1 atom stereocenters. The Morgan fingerprint density at radius 3 is 2.53 bits per heavy atom. The lowest BCUT2D eigenvalue weighted by molar-refractivity contribution is 0.164. The number of ether oxygens (including phenoxy) is 1. The molecule has 6 nitrogen and oxygen atoms in total. The second kappa shape index (κ2) is 13.1. The molecule has 0 spiro atoms. The molecule has 2 N–H and O–H groups in total. The van der Waals surface area contributed by atoms with Crippen LogP contribution in [0, 0.1) is 6.92 Å². The molecule has 1 aromatic heterocycles. The molecular weight excluding hydrogens is 509 g/mol. The summed E-state index contributed by atoms with van der Waals surface area (Å²) in [5.41, 5.74) is 4.27. The molecule has 166 valence electrons. The monoisotopic (exact) mass is 543 g/mol. The van der Waals surface area contributed by atoms with Gasteiger partial charge in [-0.2, -0.15) is 0 Å². The summed E-state index contributed by atoms with van der Waals surface area (Å²) in [7, 11) is 1.71. The Kier molecular flexibility index (Phi) is 10.9. The van der Waals surface area contributed by atoms with Crippen LogP contribution in [0.25, 0.3) is 0 Å². The normalized spacial score (nSPS) is 15.9. The van der Waals surface area contributed by atoms with Gasteiger partial charge in [-0.05, 0) is 57.5 Å². The van der Waals surface area contributed by atoms with Crippen molar-refractivity contribution in [3.05, 3.63) is 45.9 Å². The summed E-state index contributed by atoms with van der Waals surface area (Å²) in [6.07, 6.45) is 3.87. The van der Waals surface area contributed by atoms with E-state index >= 15 is 0 Å². The highest BCUT2D eigenvalue weighted by atomic mass is 127. The van der Waals surface area contributed by atoms with Crippen molar-refractivity contribution in [1.29, 1.82) is 0 Å². The predicted octanol–water partition coefficient (Wildman–Crippen LogP) is 4.36. The first-order valence-corrected chi connectivity index (χ1v) is 11.4. The molecule has 1 saturated heterocycles. The molecule has 0 saturated carbocycles. The van der Waals surface area contributed by atoms with Crippen LogP contribution in [0.4, 0.5) is 0 Å². The average molecular weight is 544 g/mol. The number of aromatic nitrogens is 1. The molecule has 0 aliphatic carbocycles. The Hall–Kier alpha value is -1.39. The van der Waals surface area contributed by atoms with Gasteiger partial charge in [0, 0.05) is 18.0 Å².